The van der Waals surface area contributed by atoms with E-state index >= 15 is 0 Å². The molecule has 0 aliphatic rings. The normalized spacial score (nSPS) is 10.4. The van der Waals surface area contributed by atoms with Gasteiger partial charge in [0.15, 0.2) is 0 Å². The zero-order chi connectivity index (χ0) is 18.5. The summed E-state index contributed by atoms with van der Waals surface area (Å²) in [6.45, 7) is 1.91. The molecule has 1 heterocycles. The van der Waals surface area contributed by atoms with Crippen molar-refractivity contribution in [3.05, 3.63) is 70.7 Å². The Balaban J connectivity index is 1.71. The molecule has 0 spiro atoms. The fourth-order valence-electron chi connectivity index (χ4n) is 2.49. The molecule has 0 saturated heterocycles. The number of anilines is 1. The molecule has 5 nitrogen and oxygen atoms in total. The monoisotopic (exact) mass is 366 g/mol. The van der Waals surface area contributed by atoms with Crippen LogP contribution in [0.2, 0.25) is 0 Å². The van der Waals surface area contributed by atoms with Gasteiger partial charge < -0.3 is 10.1 Å². The Kier molecular flexibility index (Phi) is 5.43. The molecule has 0 bridgehead atoms. The van der Waals surface area contributed by atoms with Crippen LogP contribution in [0.3, 0.4) is 0 Å². The summed E-state index contributed by atoms with van der Waals surface area (Å²) in [6.07, 6.45) is 0.235. The van der Waals surface area contributed by atoms with E-state index in [1.54, 1.807) is 24.3 Å². The number of esters is 1. The number of hydrogen-bond acceptors (Lipinski definition) is 5. The molecule has 3 rings (SSSR count). The van der Waals surface area contributed by atoms with E-state index in [1.165, 1.54) is 18.4 Å². The van der Waals surface area contributed by atoms with E-state index in [1.807, 2.05) is 37.3 Å². The molecule has 0 fully saturated rings. The lowest BCUT2D eigenvalue weighted by molar-refractivity contribution is -0.115. The quantitative estimate of drug-likeness (QED) is 0.691. The van der Waals surface area contributed by atoms with Crippen molar-refractivity contribution in [2.45, 2.75) is 13.3 Å². The highest BCUT2D eigenvalue weighted by Gasteiger charge is 2.14. The molecule has 0 atom stereocenters. The van der Waals surface area contributed by atoms with Crippen molar-refractivity contribution in [1.82, 2.24) is 4.98 Å². The standard InChI is InChI=1S/C20H18N2O3S/c1-13-17(26-19(21-13)14-7-4-3-5-8-14)12-18(23)22-16-10-6-9-15(11-16)20(24)25-2/h3-11H,12H2,1-2H3,(H,22,23). The van der Waals surface area contributed by atoms with Gasteiger partial charge in [-0.25, -0.2) is 9.78 Å². The van der Waals surface area contributed by atoms with Gasteiger partial charge in [0, 0.05) is 16.1 Å². The Morgan fingerprint density at radius 3 is 2.62 bits per heavy atom. The van der Waals surface area contributed by atoms with E-state index in [9.17, 15) is 9.59 Å². The fourth-order valence-corrected chi connectivity index (χ4v) is 3.56. The second-order valence-corrected chi connectivity index (χ2v) is 6.77. The third-order valence-corrected chi connectivity index (χ3v) is 5.01. The predicted octanol–water partition coefficient (Wildman–Crippen LogP) is 4.09. The third kappa shape index (κ3) is 4.15. The van der Waals surface area contributed by atoms with Crippen LogP contribution in [-0.2, 0) is 16.0 Å². The van der Waals surface area contributed by atoms with E-state index in [0.29, 0.717) is 11.3 Å². The van der Waals surface area contributed by atoms with Crippen molar-refractivity contribution in [1.29, 1.82) is 0 Å². The first kappa shape index (κ1) is 17.8. The number of benzene rings is 2. The number of aryl methyl sites for hydroxylation is 1. The minimum absolute atomic E-state index is 0.154. The van der Waals surface area contributed by atoms with Gasteiger partial charge >= 0.3 is 5.97 Å². The van der Waals surface area contributed by atoms with Crippen LogP contribution >= 0.6 is 11.3 Å². The van der Waals surface area contributed by atoms with Gasteiger partial charge in [-0.1, -0.05) is 36.4 Å². The number of nitrogens with one attached hydrogen (secondary N) is 1. The van der Waals surface area contributed by atoms with Crippen LogP contribution in [-0.4, -0.2) is 24.0 Å². The van der Waals surface area contributed by atoms with Crippen LogP contribution in [0.25, 0.3) is 10.6 Å². The van der Waals surface area contributed by atoms with E-state index < -0.39 is 5.97 Å². The lowest BCUT2D eigenvalue weighted by Crippen LogP contribution is -2.14. The number of aromatic nitrogens is 1. The molecule has 0 saturated carbocycles. The van der Waals surface area contributed by atoms with Gasteiger partial charge in [0.2, 0.25) is 5.91 Å². The molecule has 1 N–H and O–H groups in total. The first-order valence-electron chi connectivity index (χ1n) is 8.07. The van der Waals surface area contributed by atoms with Gasteiger partial charge in [-0.05, 0) is 25.1 Å². The molecule has 132 valence electrons. The number of carbonyl (C=O) groups excluding carboxylic acids is 2. The molecule has 0 aliphatic carbocycles. The molecule has 0 radical (unpaired) electrons. The molecule has 6 heteroatoms. The molecule has 26 heavy (non-hydrogen) atoms. The highest BCUT2D eigenvalue weighted by atomic mass is 32.1. The predicted molar refractivity (Wildman–Crippen MR) is 102 cm³/mol. The molecule has 0 unspecified atom stereocenters. The van der Waals surface area contributed by atoms with Gasteiger partial charge in [-0.3, -0.25) is 4.79 Å². The number of ether oxygens (including phenoxy) is 1. The van der Waals surface area contributed by atoms with E-state index in [2.05, 4.69) is 10.3 Å². The highest BCUT2D eigenvalue weighted by Crippen LogP contribution is 2.28. The van der Waals surface area contributed by atoms with Crippen molar-refractivity contribution in [3.8, 4) is 10.6 Å². The summed E-state index contributed by atoms with van der Waals surface area (Å²) in [6, 6.07) is 16.6. The summed E-state index contributed by atoms with van der Waals surface area (Å²) in [5, 5.41) is 3.72. The van der Waals surface area contributed by atoms with Crippen LogP contribution in [0.5, 0.6) is 0 Å². The molecule has 2 aromatic carbocycles. The Labute approximate surface area is 155 Å². The van der Waals surface area contributed by atoms with Gasteiger partial charge in [-0.15, -0.1) is 11.3 Å². The highest BCUT2D eigenvalue weighted by molar-refractivity contribution is 7.15. The number of rotatable bonds is 5. The lowest BCUT2D eigenvalue weighted by atomic mass is 10.2. The minimum atomic E-state index is -0.438. The van der Waals surface area contributed by atoms with E-state index in [-0.39, 0.29) is 12.3 Å². The molecule has 0 aliphatic heterocycles. The van der Waals surface area contributed by atoms with Crippen LogP contribution in [0, 0.1) is 6.92 Å². The maximum absolute atomic E-state index is 12.4. The van der Waals surface area contributed by atoms with Crippen molar-refractivity contribution in [2.75, 3.05) is 12.4 Å². The van der Waals surface area contributed by atoms with Crippen LogP contribution in [0.15, 0.2) is 54.6 Å². The van der Waals surface area contributed by atoms with Gasteiger partial charge in [0.25, 0.3) is 0 Å². The van der Waals surface area contributed by atoms with E-state index in [4.69, 9.17) is 4.74 Å². The van der Waals surface area contributed by atoms with Gasteiger partial charge in [0.05, 0.1) is 24.8 Å². The van der Waals surface area contributed by atoms with Crippen molar-refractivity contribution in [3.63, 3.8) is 0 Å². The number of carbonyl (C=O) groups is 2. The van der Waals surface area contributed by atoms with E-state index in [0.717, 1.165) is 21.1 Å². The number of thiazole rings is 1. The molecular formula is C20H18N2O3S. The van der Waals surface area contributed by atoms with Crippen LogP contribution in [0.1, 0.15) is 20.9 Å². The Bertz CT molecular complexity index is 935. The largest absolute Gasteiger partial charge is 0.465 e. The smallest absolute Gasteiger partial charge is 0.337 e. The number of amides is 1. The summed E-state index contributed by atoms with van der Waals surface area (Å²) in [7, 11) is 1.32. The topological polar surface area (TPSA) is 68.3 Å². The zero-order valence-corrected chi connectivity index (χ0v) is 15.3. The number of hydrogen-bond donors (Lipinski definition) is 1. The summed E-state index contributed by atoms with van der Waals surface area (Å²) < 4.78 is 4.69. The maximum atomic E-state index is 12.4. The molecule has 1 amide bonds. The Hall–Kier alpha value is -2.99. The minimum Gasteiger partial charge on any atom is -0.465 e. The van der Waals surface area contributed by atoms with Crippen LogP contribution in [0.4, 0.5) is 5.69 Å². The van der Waals surface area contributed by atoms with Crippen molar-refractivity contribution >= 4 is 28.9 Å². The first-order chi connectivity index (χ1) is 12.6. The Morgan fingerprint density at radius 1 is 1.12 bits per heavy atom. The Morgan fingerprint density at radius 2 is 1.88 bits per heavy atom. The second-order valence-electron chi connectivity index (χ2n) is 5.69. The van der Waals surface area contributed by atoms with Crippen molar-refractivity contribution in [2.24, 2.45) is 0 Å². The molecule has 1 aromatic heterocycles. The number of nitrogens with zero attached hydrogens (tertiary/aromatic N) is 1. The SMILES string of the molecule is COC(=O)c1cccc(NC(=O)Cc2sc(-c3ccccc3)nc2C)c1. The van der Waals surface area contributed by atoms with Gasteiger partial charge in [-0.2, -0.15) is 0 Å². The first-order valence-corrected chi connectivity index (χ1v) is 8.88. The lowest BCUT2D eigenvalue weighted by Gasteiger charge is -2.06. The third-order valence-electron chi connectivity index (χ3n) is 3.80. The number of methoxy groups -OCH3 is 1. The zero-order valence-electron chi connectivity index (χ0n) is 14.5. The van der Waals surface area contributed by atoms with Gasteiger partial charge in [0.1, 0.15) is 5.01 Å². The summed E-state index contributed by atoms with van der Waals surface area (Å²) in [4.78, 5) is 29.5. The average Bonchev–Trinajstić information content (AvgIpc) is 3.02. The average molecular weight is 366 g/mol. The molecule has 3 aromatic rings. The fraction of sp³-hybridized carbons (Fsp3) is 0.150. The van der Waals surface area contributed by atoms with Crippen molar-refractivity contribution < 1.29 is 14.3 Å². The summed E-state index contributed by atoms with van der Waals surface area (Å²) in [5.41, 5.74) is 2.85. The molecular weight excluding hydrogens is 348 g/mol. The maximum Gasteiger partial charge on any atom is 0.337 e. The second kappa shape index (κ2) is 7.93. The summed E-state index contributed by atoms with van der Waals surface area (Å²) >= 11 is 1.52. The van der Waals surface area contributed by atoms with Crippen LogP contribution < -0.4 is 5.32 Å². The summed E-state index contributed by atoms with van der Waals surface area (Å²) in [5.74, 6) is -0.592.